The fourth-order valence-electron chi connectivity index (χ4n) is 5.86. The Morgan fingerprint density at radius 2 is 2.10 bits per heavy atom. The smallest absolute Gasteiger partial charge is 0.271 e. The van der Waals surface area contributed by atoms with Crippen LogP contribution in [0.25, 0.3) is 11.4 Å². The quantitative estimate of drug-likeness (QED) is 0.844. The molecule has 2 aromatic rings. The molecule has 2 amide bonds. The van der Waals surface area contributed by atoms with E-state index in [4.69, 9.17) is 0 Å². The molecule has 1 N–H and O–H groups in total. The van der Waals surface area contributed by atoms with E-state index < -0.39 is 0 Å². The lowest BCUT2D eigenvalue weighted by Crippen LogP contribution is -2.65. The van der Waals surface area contributed by atoms with Gasteiger partial charge >= 0.3 is 0 Å². The number of hydrogen-bond donors (Lipinski definition) is 1. The average Bonchev–Trinajstić information content (AvgIpc) is 3.27. The zero-order valence-corrected chi connectivity index (χ0v) is 17.5. The number of amides is 2. The number of nitrogens with one attached hydrogen (secondary N) is 1. The lowest BCUT2D eigenvalue weighted by atomic mass is 9.71. The Labute approximate surface area is 176 Å². The van der Waals surface area contributed by atoms with E-state index in [2.05, 4.69) is 27.0 Å². The number of hydrogen-bond acceptors (Lipinski definition) is 4. The SMILES string of the molecule is CCC[C@H]1[C@H]2C[C@H](CN(C(=O)c3cc(-c4ccccn4)n[nH]3)C2)[C@@H]2CCCC(=O)N21. The monoisotopic (exact) mass is 407 g/mol. The molecule has 2 bridgehead atoms. The Bertz CT molecular complexity index is 927. The van der Waals surface area contributed by atoms with Gasteiger partial charge < -0.3 is 9.80 Å². The third-order valence-corrected chi connectivity index (χ3v) is 7.10. The molecule has 0 saturated carbocycles. The van der Waals surface area contributed by atoms with E-state index in [-0.39, 0.29) is 11.9 Å². The van der Waals surface area contributed by atoms with Crippen molar-refractivity contribution >= 4 is 11.8 Å². The van der Waals surface area contributed by atoms with Crippen LogP contribution in [0.3, 0.4) is 0 Å². The van der Waals surface area contributed by atoms with E-state index in [0.29, 0.717) is 48.1 Å². The Balaban J connectivity index is 1.37. The van der Waals surface area contributed by atoms with Gasteiger partial charge in [0.2, 0.25) is 5.91 Å². The van der Waals surface area contributed by atoms with Gasteiger partial charge in [0.15, 0.2) is 0 Å². The number of carbonyl (C=O) groups excluding carboxylic acids is 2. The summed E-state index contributed by atoms with van der Waals surface area (Å²) < 4.78 is 0. The fourth-order valence-corrected chi connectivity index (χ4v) is 5.86. The molecule has 2 aromatic heterocycles. The van der Waals surface area contributed by atoms with Crippen LogP contribution in [-0.2, 0) is 4.79 Å². The standard InChI is InChI=1S/C23H29N5O2/c1-2-6-20-15-11-16(21-8-5-9-22(29)28(20)21)14-27(13-15)23(30)19-12-18(25-26-19)17-7-3-4-10-24-17/h3-4,7,10,12,15-16,20-21H,2,5-6,8-9,11,13-14H2,1H3,(H,25,26)/t15-,16+,20-,21-/m0/s1. The molecule has 0 unspecified atom stereocenters. The van der Waals surface area contributed by atoms with Crippen LogP contribution in [0.15, 0.2) is 30.5 Å². The predicted molar refractivity (Wildman–Crippen MR) is 113 cm³/mol. The lowest BCUT2D eigenvalue weighted by molar-refractivity contribution is -0.152. The summed E-state index contributed by atoms with van der Waals surface area (Å²) >= 11 is 0. The molecule has 3 aliphatic rings. The number of pyridine rings is 1. The van der Waals surface area contributed by atoms with Crippen molar-refractivity contribution < 1.29 is 9.59 Å². The number of nitrogens with zero attached hydrogens (tertiary/aromatic N) is 4. The van der Waals surface area contributed by atoms with E-state index in [1.54, 1.807) is 12.3 Å². The summed E-state index contributed by atoms with van der Waals surface area (Å²) in [6.45, 7) is 3.63. The Hall–Kier alpha value is -2.70. The molecular formula is C23H29N5O2. The van der Waals surface area contributed by atoms with Crippen LogP contribution in [0.2, 0.25) is 0 Å². The highest BCUT2D eigenvalue weighted by molar-refractivity contribution is 5.93. The molecular weight excluding hydrogens is 378 g/mol. The van der Waals surface area contributed by atoms with Gasteiger partial charge in [-0.3, -0.25) is 19.7 Å². The number of aromatic nitrogens is 3. The number of carbonyl (C=O) groups is 2. The van der Waals surface area contributed by atoms with Crippen LogP contribution in [0, 0.1) is 11.8 Å². The van der Waals surface area contributed by atoms with Crippen molar-refractivity contribution in [2.45, 2.75) is 57.5 Å². The summed E-state index contributed by atoms with van der Waals surface area (Å²) in [6, 6.07) is 8.02. The summed E-state index contributed by atoms with van der Waals surface area (Å²) in [5.41, 5.74) is 1.95. The summed E-state index contributed by atoms with van der Waals surface area (Å²) in [6.07, 6.45) is 7.66. The molecule has 0 aromatic carbocycles. The summed E-state index contributed by atoms with van der Waals surface area (Å²) in [5.74, 6) is 1.07. The maximum atomic E-state index is 13.3. The highest BCUT2D eigenvalue weighted by Gasteiger charge is 2.49. The fraction of sp³-hybridized carbons (Fsp3) is 0.565. The Kier molecular flexibility index (Phi) is 5.05. The highest BCUT2D eigenvalue weighted by atomic mass is 16.2. The number of aromatic amines is 1. The first kappa shape index (κ1) is 19.3. The van der Waals surface area contributed by atoms with E-state index in [9.17, 15) is 9.59 Å². The van der Waals surface area contributed by atoms with Gasteiger partial charge in [0.1, 0.15) is 11.4 Å². The van der Waals surface area contributed by atoms with Crippen LogP contribution >= 0.6 is 0 Å². The Morgan fingerprint density at radius 1 is 1.23 bits per heavy atom. The molecule has 0 aliphatic carbocycles. The van der Waals surface area contributed by atoms with Crippen molar-refractivity contribution in [3.63, 3.8) is 0 Å². The van der Waals surface area contributed by atoms with Crippen LogP contribution in [0.4, 0.5) is 0 Å². The summed E-state index contributed by atoms with van der Waals surface area (Å²) in [4.78, 5) is 34.6. The topological polar surface area (TPSA) is 82.2 Å². The Morgan fingerprint density at radius 3 is 2.90 bits per heavy atom. The molecule has 0 radical (unpaired) electrons. The minimum atomic E-state index is 0.00483. The molecule has 7 heteroatoms. The number of piperidine rings is 3. The normalized spacial score (nSPS) is 28.4. The van der Waals surface area contributed by atoms with Crippen LogP contribution in [-0.4, -0.2) is 62.0 Å². The first-order chi connectivity index (χ1) is 14.7. The number of fused-ring (bicyclic) bond motifs is 4. The van der Waals surface area contributed by atoms with E-state index in [0.717, 1.165) is 44.3 Å². The van der Waals surface area contributed by atoms with E-state index in [1.165, 1.54) is 0 Å². The molecule has 3 saturated heterocycles. The van der Waals surface area contributed by atoms with Gasteiger partial charge in [-0.2, -0.15) is 5.10 Å². The molecule has 4 atom stereocenters. The number of likely N-dealkylation sites (tertiary alicyclic amines) is 1. The van der Waals surface area contributed by atoms with Gasteiger partial charge in [-0.25, -0.2) is 0 Å². The molecule has 158 valence electrons. The summed E-state index contributed by atoms with van der Waals surface area (Å²) in [5, 5.41) is 7.23. The van der Waals surface area contributed by atoms with Gasteiger partial charge in [-0.15, -0.1) is 0 Å². The first-order valence-corrected chi connectivity index (χ1v) is 11.2. The third kappa shape index (κ3) is 3.30. The third-order valence-electron chi connectivity index (χ3n) is 7.10. The lowest BCUT2D eigenvalue weighted by Gasteiger charge is -2.56. The van der Waals surface area contributed by atoms with Crippen molar-refractivity contribution in [3.8, 4) is 11.4 Å². The molecule has 5 heterocycles. The van der Waals surface area contributed by atoms with E-state index >= 15 is 0 Å². The maximum Gasteiger partial charge on any atom is 0.271 e. The molecule has 3 aliphatic heterocycles. The largest absolute Gasteiger partial charge is 0.337 e. The van der Waals surface area contributed by atoms with Crippen LogP contribution in [0.1, 0.15) is 55.9 Å². The minimum Gasteiger partial charge on any atom is -0.337 e. The van der Waals surface area contributed by atoms with Gasteiger partial charge in [0.05, 0.1) is 5.69 Å². The van der Waals surface area contributed by atoms with Crippen molar-refractivity contribution in [1.29, 1.82) is 0 Å². The molecule has 30 heavy (non-hydrogen) atoms. The summed E-state index contributed by atoms with van der Waals surface area (Å²) in [7, 11) is 0. The van der Waals surface area contributed by atoms with Gasteiger partial charge in [0.25, 0.3) is 5.91 Å². The molecule has 5 rings (SSSR count). The second kappa shape index (κ2) is 7.85. The maximum absolute atomic E-state index is 13.3. The van der Waals surface area contributed by atoms with Crippen LogP contribution in [0.5, 0.6) is 0 Å². The first-order valence-electron chi connectivity index (χ1n) is 11.2. The molecule has 0 spiro atoms. The van der Waals surface area contributed by atoms with Crippen LogP contribution < -0.4 is 0 Å². The zero-order chi connectivity index (χ0) is 20.7. The van der Waals surface area contributed by atoms with Crippen molar-refractivity contribution in [2.75, 3.05) is 13.1 Å². The number of H-pyrrole nitrogens is 1. The zero-order valence-electron chi connectivity index (χ0n) is 17.5. The van der Waals surface area contributed by atoms with Gasteiger partial charge in [-0.1, -0.05) is 19.4 Å². The van der Waals surface area contributed by atoms with Gasteiger partial charge in [0, 0.05) is 37.8 Å². The van der Waals surface area contributed by atoms with Gasteiger partial charge in [-0.05, 0) is 55.7 Å². The molecule has 7 nitrogen and oxygen atoms in total. The van der Waals surface area contributed by atoms with Crippen molar-refractivity contribution in [3.05, 3.63) is 36.2 Å². The molecule has 3 fully saturated rings. The van der Waals surface area contributed by atoms with Crippen molar-refractivity contribution in [1.82, 2.24) is 25.0 Å². The second-order valence-corrected chi connectivity index (χ2v) is 8.96. The number of rotatable bonds is 4. The minimum absolute atomic E-state index is 0.00483. The second-order valence-electron chi connectivity index (χ2n) is 8.96. The predicted octanol–water partition coefficient (Wildman–Crippen LogP) is 3.11. The van der Waals surface area contributed by atoms with Crippen molar-refractivity contribution in [2.24, 2.45) is 11.8 Å². The van der Waals surface area contributed by atoms with E-state index in [1.807, 2.05) is 23.1 Å². The highest BCUT2D eigenvalue weighted by Crippen LogP contribution is 2.43. The average molecular weight is 408 g/mol.